The lowest BCUT2D eigenvalue weighted by atomic mass is 10.2. The van der Waals surface area contributed by atoms with E-state index >= 15 is 0 Å². The van der Waals surface area contributed by atoms with Crippen LogP contribution in [0.5, 0.6) is 0 Å². The van der Waals surface area contributed by atoms with Crippen LogP contribution in [0.25, 0.3) is 22.6 Å². The van der Waals surface area contributed by atoms with E-state index in [1.54, 1.807) is 16.7 Å². The molecule has 10 heteroatoms. The van der Waals surface area contributed by atoms with Gasteiger partial charge < -0.3 is 18.6 Å². The van der Waals surface area contributed by atoms with E-state index in [0.717, 1.165) is 12.8 Å². The van der Waals surface area contributed by atoms with Crippen molar-refractivity contribution in [3.8, 4) is 17.7 Å². The van der Waals surface area contributed by atoms with Crippen LogP contribution in [0, 0.1) is 11.3 Å². The molecule has 2 aliphatic rings. The minimum Gasteiger partial charge on any atom is -0.459 e. The predicted molar refractivity (Wildman–Crippen MR) is 130 cm³/mol. The number of amides is 1. The number of furan rings is 1. The Kier molecular flexibility index (Phi) is 5.52. The molecule has 1 aliphatic heterocycles. The summed E-state index contributed by atoms with van der Waals surface area (Å²) in [5, 5.41) is 10.1. The number of nitriles is 1. The summed E-state index contributed by atoms with van der Waals surface area (Å²) < 4.78 is 12.9. The summed E-state index contributed by atoms with van der Waals surface area (Å²) in [7, 11) is 0. The summed E-state index contributed by atoms with van der Waals surface area (Å²) in [5.74, 6) is 1.81. The highest BCUT2D eigenvalue weighted by atomic mass is 16.4. The SMILES string of the molecule is N#Cc1nc(-c2ccco2)oc1N1CCN(C(=O)CCc2nc3ccccc3c(=O)n2C2CC2)CC1. The lowest BCUT2D eigenvalue weighted by Gasteiger charge is -2.34. The Balaban J connectivity index is 1.12. The van der Waals surface area contributed by atoms with Crippen LogP contribution >= 0.6 is 0 Å². The molecule has 36 heavy (non-hydrogen) atoms. The zero-order chi connectivity index (χ0) is 24.6. The summed E-state index contributed by atoms with van der Waals surface area (Å²) in [6.45, 7) is 2.05. The van der Waals surface area contributed by atoms with Gasteiger partial charge in [0.1, 0.15) is 11.9 Å². The molecule has 4 heterocycles. The topological polar surface area (TPSA) is 121 Å². The Morgan fingerprint density at radius 1 is 1.08 bits per heavy atom. The number of carbonyl (C=O) groups excluding carboxylic acids is 1. The number of rotatable bonds is 6. The molecular weight excluding hydrogens is 460 g/mol. The van der Waals surface area contributed by atoms with Gasteiger partial charge in [-0.25, -0.2) is 4.98 Å². The molecule has 2 fully saturated rings. The van der Waals surface area contributed by atoms with Gasteiger partial charge in [-0.05, 0) is 37.1 Å². The minimum absolute atomic E-state index is 0.0200. The quantitative estimate of drug-likeness (QED) is 0.409. The van der Waals surface area contributed by atoms with Gasteiger partial charge in [-0.15, -0.1) is 0 Å². The van der Waals surface area contributed by atoms with Crippen LogP contribution in [0.2, 0.25) is 0 Å². The zero-order valence-electron chi connectivity index (χ0n) is 19.6. The molecule has 0 spiro atoms. The average molecular weight is 485 g/mol. The summed E-state index contributed by atoms with van der Waals surface area (Å²) >= 11 is 0. The summed E-state index contributed by atoms with van der Waals surface area (Å²) in [5.41, 5.74) is 0.847. The lowest BCUT2D eigenvalue weighted by molar-refractivity contribution is -0.131. The minimum atomic E-state index is -0.0200. The van der Waals surface area contributed by atoms with Crippen molar-refractivity contribution >= 4 is 22.7 Å². The molecule has 1 amide bonds. The first-order valence-electron chi connectivity index (χ1n) is 12.1. The van der Waals surface area contributed by atoms with Crippen LogP contribution in [0.4, 0.5) is 5.88 Å². The summed E-state index contributed by atoms with van der Waals surface area (Å²) in [4.78, 5) is 38.8. The number of fused-ring (bicyclic) bond motifs is 1. The number of nitrogens with zero attached hydrogens (tertiary/aromatic N) is 6. The second kappa shape index (κ2) is 9.00. The Morgan fingerprint density at radius 2 is 1.89 bits per heavy atom. The van der Waals surface area contributed by atoms with Gasteiger partial charge in [0.05, 0.1) is 17.2 Å². The van der Waals surface area contributed by atoms with Gasteiger partial charge in [0.15, 0.2) is 5.76 Å². The first-order valence-corrected chi connectivity index (χ1v) is 12.1. The number of aryl methyl sites for hydroxylation is 1. The zero-order valence-corrected chi connectivity index (χ0v) is 19.6. The summed E-state index contributed by atoms with van der Waals surface area (Å²) in [6.07, 6.45) is 4.16. The molecule has 0 bridgehead atoms. The molecule has 4 aromatic rings. The van der Waals surface area contributed by atoms with Gasteiger partial charge in [-0.2, -0.15) is 10.2 Å². The van der Waals surface area contributed by atoms with E-state index in [9.17, 15) is 14.9 Å². The Morgan fingerprint density at radius 3 is 2.61 bits per heavy atom. The van der Waals surface area contributed by atoms with E-state index < -0.39 is 0 Å². The number of aromatic nitrogens is 3. The number of benzene rings is 1. The fraction of sp³-hybridized carbons (Fsp3) is 0.346. The van der Waals surface area contributed by atoms with E-state index in [-0.39, 0.29) is 35.5 Å². The first-order chi connectivity index (χ1) is 17.6. The van der Waals surface area contributed by atoms with Gasteiger partial charge >= 0.3 is 0 Å². The Bertz CT molecular complexity index is 1520. The van der Waals surface area contributed by atoms with Gasteiger partial charge in [0.25, 0.3) is 11.4 Å². The van der Waals surface area contributed by atoms with E-state index in [0.29, 0.717) is 61.0 Å². The van der Waals surface area contributed by atoms with Gasteiger partial charge in [0.2, 0.25) is 17.5 Å². The van der Waals surface area contributed by atoms with Crippen molar-refractivity contribution in [1.82, 2.24) is 19.4 Å². The van der Waals surface area contributed by atoms with Crippen LogP contribution < -0.4 is 10.5 Å². The maximum atomic E-state index is 13.1. The second-order valence-electron chi connectivity index (χ2n) is 9.08. The van der Waals surface area contributed by atoms with Gasteiger partial charge in [0, 0.05) is 45.1 Å². The standard InChI is InChI=1S/C26H24N6O4/c27-16-20-26(36-24(29-20)21-6-3-15-35-21)31-13-11-30(12-14-31)23(33)10-9-22-28-19-5-2-1-4-18(19)25(34)32(22)17-7-8-17/h1-6,15,17H,7-14H2. The Labute approximate surface area is 206 Å². The number of oxazole rings is 1. The van der Waals surface area contributed by atoms with Crippen molar-refractivity contribution < 1.29 is 13.6 Å². The molecule has 6 rings (SSSR count). The third-order valence-corrected chi connectivity index (χ3v) is 6.72. The molecule has 1 aromatic carbocycles. The molecule has 0 N–H and O–H groups in total. The molecule has 1 saturated carbocycles. The number of hydrogen-bond acceptors (Lipinski definition) is 8. The molecule has 0 atom stereocenters. The van der Waals surface area contributed by atoms with Crippen molar-refractivity contribution in [3.05, 3.63) is 64.5 Å². The van der Waals surface area contributed by atoms with E-state index in [4.69, 9.17) is 13.8 Å². The van der Waals surface area contributed by atoms with Crippen LogP contribution in [-0.4, -0.2) is 51.5 Å². The maximum Gasteiger partial charge on any atom is 0.266 e. The largest absolute Gasteiger partial charge is 0.459 e. The highest BCUT2D eigenvalue weighted by molar-refractivity contribution is 5.78. The molecule has 1 aliphatic carbocycles. The molecule has 0 radical (unpaired) electrons. The Hall–Kier alpha value is -4.39. The van der Waals surface area contributed by atoms with Crippen LogP contribution in [0.15, 0.2) is 56.3 Å². The molecule has 10 nitrogen and oxygen atoms in total. The highest BCUT2D eigenvalue weighted by Crippen LogP contribution is 2.35. The number of hydrogen-bond donors (Lipinski definition) is 0. The number of carbonyl (C=O) groups is 1. The molecule has 3 aromatic heterocycles. The fourth-order valence-corrected chi connectivity index (χ4v) is 4.72. The number of anilines is 1. The third-order valence-electron chi connectivity index (χ3n) is 6.72. The number of para-hydroxylation sites is 1. The van der Waals surface area contributed by atoms with E-state index in [1.807, 2.05) is 34.1 Å². The third kappa shape index (κ3) is 4.02. The van der Waals surface area contributed by atoms with E-state index in [2.05, 4.69) is 11.1 Å². The predicted octanol–water partition coefficient (Wildman–Crippen LogP) is 3.13. The second-order valence-corrected chi connectivity index (χ2v) is 9.08. The van der Waals surface area contributed by atoms with Crippen LogP contribution in [0.1, 0.15) is 36.8 Å². The van der Waals surface area contributed by atoms with Gasteiger partial charge in [-0.3, -0.25) is 14.2 Å². The van der Waals surface area contributed by atoms with Crippen LogP contribution in [-0.2, 0) is 11.2 Å². The monoisotopic (exact) mass is 484 g/mol. The molecule has 182 valence electrons. The normalized spacial score (nSPS) is 15.9. The lowest BCUT2D eigenvalue weighted by Crippen LogP contribution is -2.49. The number of piperazine rings is 1. The van der Waals surface area contributed by atoms with Crippen molar-refractivity contribution in [2.24, 2.45) is 0 Å². The maximum absolute atomic E-state index is 13.1. The molecule has 1 saturated heterocycles. The van der Waals surface area contributed by atoms with Crippen molar-refractivity contribution in [1.29, 1.82) is 5.26 Å². The van der Waals surface area contributed by atoms with Crippen LogP contribution in [0.3, 0.4) is 0 Å². The average Bonchev–Trinajstić information content (AvgIpc) is 3.40. The molecule has 0 unspecified atom stereocenters. The fourth-order valence-electron chi connectivity index (χ4n) is 4.72. The smallest absolute Gasteiger partial charge is 0.266 e. The first kappa shape index (κ1) is 22.1. The molecular formula is C26H24N6O4. The summed E-state index contributed by atoms with van der Waals surface area (Å²) in [6, 6.07) is 13.1. The van der Waals surface area contributed by atoms with Crippen molar-refractivity contribution in [2.75, 3.05) is 31.1 Å². The highest BCUT2D eigenvalue weighted by Gasteiger charge is 2.30. The van der Waals surface area contributed by atoms with E-state index in [1.165, 1.54) is 6.26 Å². The van der Waals surface area contributed by atoms with Crippen molar-refractivity contribution in [2.45, 2.75) is 31.7 Å². The van der Waals surface area contributed by atoms with Gasteiger partial charge in [-0.1, -0.05) is 12.1 Å². The van der Waals surface area contributed by atoms with Crippen molar-refractivity contribution in [3.63, 3.8) is 0 Å².